The molecule has 2 aromatic rings. The second-order valence-electron chi connectivity index (χ2n) is 7.48. The highest BCUT2D eigenvalue weighted by molar-refractivity contribution is 7.92. The molecule has 0 aliphatic carbocycles. The Hall–Kier alpha value is -3.02. The third-order valence-electron chi connectivity index (χ3n) is 5.21. The molecule has 11 heteroatoms. The molecule has 0 aliphatic rings. The summed E-state index contributed by atoms with van der Waals surface area (Å²) in [5.74, 6) is 3.50. The first-order valence-corrected chi connectivity index (χ1v) is 11.1. The van der Waals surface area contributed by atoms with Gasteiger partial charge in [-0.25, -0.2) is 24.1 Å². The van der Waals surface area contributed by atoms with Crippen LogP contribution in [0.25, 0.3) is 11.1 Å². The number of hydrazine groups is 1. The molecule has 9 nitrogen and oxygen atoms in total. The van der Waals surface area contributed by atoms with Crippen LogP contribution in [0, 0.1) is 12.7 Å². The van der Waals surface area contributed by atoms with E-state index in [9.17, 15) is 22.4 Å². The van der Waals surface area contributed by atoms with Gasteiger partial charge in [0.05, 0.1) is 5.56 Å². The van der Waals surface area contributed by atoms with Crippen LogP contribution >= 0.6 is 0 Å². The highest BCUT2D eigenvalue weighted by Crippen LogP contribution is 2.28. The summed E-state index contributed by atoms with van der Waals surface area (Å²) < 4.78 is 36.2. The van der Waals surface area contributed by atoms with E-state index in [0.29, 0.717) is 11.1 Å². The first-order valence-electron chi connectivity index (χ1n) is 9.18. The molecule has 168 valence electrons. The fourth-order valence-corrected chi connectivity index (χ4v) is 3.80. The summed E-state index contributed by atoms with van der Waals surface area (Å²) in [7, 11) is -3.94. The Morgan fingerprint density at radius 1 is 1.23 bits per heavy atom. The van der Waals surface area contributed by atoms with Crippen molar-refractivity contribution in [3.8, 4) is 11.1 Å². The number of carbonyl (C=O) groups is 2. The van der Waals surface area contributed by atoms with E-state index in [2.05, 4.69) is 0 Å². The minimum atomic E-state index is -3.94. The smallest absolute Gasteiger partial charge is 0.269 e. The molecular formula is C20H25FN4O5S. The van der Waals surface area contributed by atoms with Gasteiger partial charge in [-0.3, -0.25) is 19.8 Å². The number of rotatable bonds is 7. The molecule has 1 atom stereocenters. The number of hydrogen-bond donors (Lipinski definition) is 4. The molecule has 0 heterocycles. The van der Waals surface area contributed by atoms with E-state index < -0.39 is 32.2 Å². The summed E-state index contributed by atoms with van der Waals surface area (Å²) >= 11 is 0. The van der Waals surface area contributed by atoms with Crippen molar-refractivity contribution in [3.05, 3.63) is 53.3 Å². The van der Waals surface area contributed by atoms with Crippen molar-refractivity contribution in [3.63, 3.8) is 0 Å². The number of aryl methyl sites for hydroxylation is 1. The quantitative estimate of drug-likeness (QED) is 0.163. The van der Waals surface area contributed by atoms with Crippen LogP contribution in [0.4, 0.5) is 10.1 Å². The predicted molar refractivity (Wildman–Crippen MR) is 114 cm³/mol. The van der Waals surface area contributed by atoms with Gasteiger partial charge >= 0.3 is 0 Å². The molecule has 1 unspecified atom stereocenters. The average Bonchev–Trinajstić information content (AvgIpc) is 2.69. The van der Waals surface area contributed by atoms with Crippen LogP contribution in [-0.4, -0.2) is 48.0 Å². The lowest BCUT2D eigenvalue weighted by atomic mass is 10.00. The SMILES string of the molecule is Cc1ccc(-c2ccc(C(=O)N(N)CCC(C)(C(=O)NO)S(C)(=O)=O)c(N)c2)c(F)c1. The van der Waals surface area contributed by atoms with Crippen LogP contribution in [0.3, 0.4) is 0 Å². The topological polar surface area (TPSA) is 156 Å². The molecule has 0 bridgehead atoms. The van der Waals surface area contributed by atoms with E-state index in [-0.39, 0.29) is 24.2 Å². The maximum atomic E-state index is 14.2. The van der Waals surface area contributed by atoms with Crippen LogP contribution in [0.15, 0.2) is 36.4 Å². The molecule has 0 aliphatic heterocycles. The Bertz CT molecular complexity index is 1120. The number of nitrogens with zero attached hydrogens (tertiary/aromatic N) is 1. The van der Waals surface area contributed by atoms with E-state index in [1.165, 1.54) is 29.7 Å². The number of hydrogen-bond acceptors (Lipinski definition) is 7. The third-order valence-corrected chi connectivity index (χ3v) is 7.23. The molecule has 0 saturated heterocycles. The molecule has 2 amide bonds. The van der Waals surface area contributed by atoms with Crippen molar-refractivity contribution < 1.29 is 27.6 Å². The molecular weight excluding hydrogens is 427 g/mol. The zero-order valence-corrected chi connectivity index (χ0v) is 18.2. The minimum Gasteiger partial charge on any atom is -0.398 e. The fourth-order valence-electron chi connectivity index (χ4n) is 2.95. The molecule has 31 heavy (non-hydrogen) atoms. The summed E-state index contributed by atoms with van der Waals surface area (Å²) in [6.07, 6.45) is 0.471. The zero-order valence-electron chi connectivity index (χ0n) is 17.3. The van der Waals surface area contributed by atoms with Gasteiger partial charge < -0.3 is 5.73 Å². The fraction of sp³-hybridized carbons (Fsp3) is 0.300. The van der Waals surface area contributed by atoms with Gasteiger partial charge in [0.1, 0.15) is 5.82 Å². The summed E-state index contributed by atoms with van der Waals surface area (Å²) in [6, 6.07) is 9.08. The Morgan fingerprint density at radius 2 is 1.87 bits per heavy atom. The van der Waals surface area contributed by atoms with Gasteiger partial charge in [-0.1, -0.05) is 18.2 Å². The minimum absolute atomic E-state index is 0.0337. The van der Waals surface area contributed by atoms with E-state index in [4.69, 9.17) is 16.8 Å². The molecule has 2 rings (SSSR count). The van der Waals surface area contributed by atoms with Crippen molar-refractivity contribution in [1.29, 1.82) is 0 Å². The highest BCUT2D eigenvalue weighted by Gasteiger charge is 2.43. The maximum absolute atomic E-state index is 14.2. The summed E-state index contributed by atoms with van der Waals surface area (Å²) in [4.78, 5) is 24.6. The van der Waals surface area contributed by atoms with Gasteiger partial charge in [-0.15, -0.1) is 0 Å². The summed E-state index contributed by atoms with van der Waals surface area (Å²) in [6.45, 7) is 2.56. The molecule has 0 aromatic heterocycles. The lowest BCUT2D eigenvalue weighted by Crippen LogP contribution is -2.52. The second kappa shape index (κ2) is 9.00. The summed E-state index contributed by atoms with van der Waals surface area (Å²) in [5.41, 5.74) is 8.94. The molecule has 0 radical (unpaired) electrons. The van der Waals surface area contributed by atoms with E-state index in [1.54, 1.807) is 19.1 Å². The zero-order chi connectivity index (χ0) is 23.6. The monoisotopic (exact) mass is 452 g/mol. The number of nitrogen functional groups attached to an aromatic ring is 1. The first-order chi connectivity index (χ1) is 14.3. The number of carbonyl (C=O) groups excluding carboxylic acids is 2. The normalized spacial score (nSPS) is 13.4. The Labute approximate surface area is 179 Å². The number of nitrogens with two attached hydrogens (primary N) is 2. The van der Waals surface area contributed by atoms with Gasteiger partial charge in [0, 0.05) is 24.1 Å². The van der Waals surface area contributed by atoms with Gasteiger partial charge in [0.15, 0.2) is 14.6 Å². The van der Waals surface area contributed by atoms with Crippen LogP contribution in [0.1, 0.15) is 29.3 Å². The number of hydroxylamine groups is 1. The molecule has 6 N–H and O–H groups in total. The number of anilines is 1. The van der Waals surface area contributed by atoms with Crippen molar-refractivity contribution in [1.82, 2.24) is 10.5 Å². The number of nitrogens with one attached hydrogen (secondary N) is 1. The van der Waals surface area contributed by atoms with Crippen molar-refractivity contribution in [2.45, 2.75) is 25.0 Å². The van der Waals surface area contributed by atoms with Gasteiger partial charge in [-0.05, 0) is 49.6 Å². The van der Waals surface area contributed by atoms with Crippen LogP contribution in [0.2, 0.25) is 0 Å². The Balaban J connectivity index is 2.23. The summed E-state index contributed by atoms with van der Waals surface area (Å²) in [5, 5.41) is 9.59. The largest absolute Gasteiger partial charge is 0.398 e. The Morgan fingerprint density at radius 3 is 2.39 bits per heavy atom. The first kappa shape index (κ1) is 24.3. The van der Waals surface area contributed by atoms with Crippen LogP contribution in [-0.2, 0) is 14.6 Å². The maximum Gasteiger partial charge on any atom is 0.269 e. The molecule has 0 fully saturated rings. The number of halogens is 1. The van der Waals surface area contributed by atoms with E-state index >= 15 is 0 Å². The van der Waals surface area contributed by atoms with Crippen LogP contribution < -0.4 is 17.1 Å². The number of amides is 2. The van der Waals surface area contributed by atoms with Gasteiger partial charge in [-0.2, -0.15) is 0 Å². The number of sulfone groups is 1. The third kappa shape index (κ3) is 5.01. The molecule has 0 saturated carbocycles. The number of benzene rings is 2. The molecule has 2 aromatic carbocycles. The lowest BCUT2D eigenvalue weighted by molar-refractivity contribution is -0.131. The van der Waals surface area contributed by atoms with Gasteiger partial charge in [0.2, 0.25) is 0 Å². The van der Waals surface area contributed by atoms with Crippen LogP contribution in [0.5, 0.6) is 0 Å². The second-order valence-corrected chi connectivity index (χ2v) is 9.92. The highest BCUT2D eigenvalue weighted by atomic mass is 32.2. The van der Waals surface area contributed by atoms with E-state index in [0.717, 1.165) is 23.8 Å². The molecule has 0 spiro atoms. The van der Waals surface area contributed by atoms with Crippen molar-refractivity contribution in [2.24, 2.45) is 5.84 Å². The predicted octanol–water partition coefficient (Wildman–Crippen LogP) is 1.40. The lowest BCUT2D eigenvalue weighted by Gasteiger charge is -2.27. The van der Waals surface area contributed by atoms with Crippen molar-refractivity contribution in [2.75, 3.05) is 18.5 Å². The standard InChI is InChI=1S/C20H25FN4O5S/c1-12-4-6-14(16(21)10-12)13-5-7-15(17(22)11-13)18(26)25(23)9-8-20(2,19(27)24-28)31(3,29)30/h4-7,10-11,28H,8-9,22-23H2,1-3H3,(H,24,27). The average molecular weight is 453 g/mol. The van der Waals surface area contributed by atoms with E-state index in [1.807, 2.05) is 0 Å². The van der Waals surface area contributed by atoms with Crippen molar-refractivity contribution >= 4 is 27.3 Å². The van der Waals surface area contributed by atoms with Gasteiger partial charge in [0.25, 0.3) is 11.8 Å². The Kier molecular flexibility index (Phi) is 7.04.